The van der Waals surface area contributed by atoms with Crippen molar-refractivity contribution in [1.82, 2.24) is 0 Å². The molecule has 1 atom stereocenters. The Hall–Kier alpha value is -0.140. The molecule has 2 heteroatoms. The normalized spacial score (nSPS) is 27.2. The first-order valence-electron chi connectivity index (χ1n) is 4.78. The molecule has 0 spiro atoms. The second-order valence-electron chi connectivity index (χ2n) is 4.61. The van der Waals surface area contributed by atoms with E-state index in [1.54, 1.807) is 0 Å². The molecule has 0 aromatic rings. The van der Waals surface area contributed by atoms with Crippen LogP contribution in [-0.4, -0.2) is 5.92 Å². The van der Waals surface area contributed by atoms with Gasteiger partial charge in [-0.1, -0.05) is 33.6 Å². The van der Waals surface area contributed by atoms with Crippen molar-refractivity contribution in [1.29, 1.82) is 0 Å². The second kappa shape index (κ2) is 2.97. The Labute approximate surface area is 73.3 Å². The first-order valence-corrected chi connectivity index (χ1v) is 4.78. The molecule has 0 aromatic heterocycles. The van der Waals surface area contributed by atoms with Crippen LogP contribution in [0, 0.1) is 11.3 Å². The molecule has 0 amide bonds. The molecule has 0 bridgehead atoms. The molecule has 0 N–H and O–H groups in total. The number of hydrogen-bond acceptors (Lipinski definition) is 0. The van der Waals surface area contributed by atoms with E-state index in [-0.39, 0.29) is 17.8 Å². The fourth-order valence-corrected chi connectivity index (χ4v) is 1.87. The molecule has 0 radical (unpaired) electrons. The Balaban J connectivity index is 2.39. The summed E-state index contributed by atoms with van der Waals surface area (Å²) in [5.41, 5.74) is -0.153. The topological polar surface area (TPSA) is 0 Å². The molecule has 72 valence electrons. The molecular weight excluding hydrogens is 158 g/mol. The van der Waals surface area contributed by atoms with Gasteiger partial charge in [0.1, 0.15) is 0 Å². The van der Waals surface area contributed by atoms with E-state index >= 15 is 0 Å². The molecule has 0 saturated heterocycles. The van der Waals surface area contributed by atoms with Crippen LogP contribution in [0.3, 0.4) is 0 Å². The van der Waals surface area contributed by atoms with Gasteiger partial charge in [0.15, 0.2) is 0 Å². The lowest BCUT2D eigenvalue weighted by atomic mass is 9.82. The largest absolute Gasteiger partial charge is 0.252 e. The fourth-order valence-electron chi connectivity index (χ4n) is 1.87. The molecule has 12 heavy (non-hydrogen) atoms. The van der Waals surface area contributed by atoms with E-state index in [0.717, 1.165) is 19.3 Å². The maximum Gasteiger partial charge on any atom is 0.252 e. The van der Waals surface area contributed by atoms with Gasteiger partial charge in [-0.15, -0.1) is 0 Å². The number of alkyl halides is 2. The lowest BCUT2D eigenvalue weighted by Crippen LogP contribution is -2.18. The Morgan fingerprint density at radius 3 is 2.25 bits per heavy atom. The zero-order valence-electron chi connectivity index (χ0n) is 8.16. The number of halogens is 2. The molecule has 1 saturated carbocycles. The highest BCUT2D eigenvalue weighted by molar-refractivity contribution is 5.02. The monoisotopic (exact) mass is 176 g/mol. The summed E-state index contributed by atoms with van der Waals surface area (Å²) in [5, 5.41) is 0. The van der Waals surface area contributed by atoms with Crippen molar-refractivity contribution in [3.05, 3.63) is 0 Å². The zero-order chi connectivity index (χ0) is 9.41. The molecule has 1 rings (SSSR count). The average Bonchev–Trinajstić information content (AvgIpc) is 2.57. The number of unbranched alkanes of at least 4 members (excludes halogenated alkanes) is 1. The predicted molar refractivity (Wildman–Crippen MR) is 46.4 cm³/mol. The van der Waals surface area contributed by atoms with Crippen LogP contribution >= 0.6 is 0 Å². The van der Waals surface area contributed by atoms with Crippen molar-refractivity contribution in [2.24, 2.45) is 11.3 Å². The number of rotatable bonds is 4. The van der Waals surface area contributed by atoms with E-state index in [1.165, 1.54) is 0 Å². The van der Waals surface area contributed by atoms with E-state index in [4.69, 9.17) is 0 Å². The highest BCUT2D eigenvalue weighted by Crippen LogP contribution is 2.59. The van der Waals surface area contributed by atoms with Gasteiger partial charge in [-0.05, 0) is 11.8 Å². The second-order valence-corrected chi connectivity index (χ2v) is 4.61. The van der Waals surface area contributed by atoms with Crippen molar-refractivity contribution >= 4 is 0 Å². The van der Waals surface area contributed by atoms with Crippen LogP contribution < -0.4 is 0 Å². The molecule has 0 nitrogen and oxygen atoms in total. The standard InChI is InChI=1S/C10H18F2/c1-4-5-6-9(2,3)8-7-10(8,11)12/h8H,4-7H2,1-3H3. The van der Waals surface area contributed by atoms with Gasteiger partial charge in [-0.3, -0.25) is 0 Å². The van der Waals surface area contributed by atoms with E-state index in [0.29, 0.717) is 0 Å². The van der Waals surface area contributed by atoms with Crippen molar-refractivity contribution in [3.8, 4) is 0 Å². The molecule has 1 aliphatic carbocycles. The molecular formula is C10H18F2. The van der Waals surface area contributed by atoms with E-state index in [2.05, 4.69) is 6.92 Å². The first-order chi connectivity index (χ1) is 5.40. The summed E-state index contributed by atoms with van der Waals surface area (Å²) in [6, 6.07) is 0. The highest BCUT2D eigenvalue weighted by Gasteiger charge is 2.62. The van der Waals surface area contributed by atoms with Crippen LogP contribution in [0.25, 0.3) is 0 Å². The minimum absolute atomic E-state index is 0.115. The minimum atomic E-state index is -2.35. The van der Waals surface area contributed by atoms with Crippen LogP contribution in [0.5, 0.6) is 0 Å². The van der Waals surface area contributed by atoms with Gasteiger partial charge < -0.3 is 0 Å². The summed E-state index contributed by atoms with van der Waals surface area (Å²) in [5.74, 6) is -2.70. The third-order valence-corrected chi connectivity index (χ3v) is 2.94. The summed E-state index contributed by atoms with van der Waals surface area (Å²) in [6.07, 6.45) is 3.22. The molecule has 1 unspecified atom stereocenters. The van der Waals surface area contributed by atoms with Gasteiger partial charge in [0.05, 0.1) is 0 Å². The summed E-state index contributed by atoms with van der Waals surface area (Å²) >= 11 is 0. The summed E-state index contributed by atoms with van der Waals surface area (Å²) in [6.45, 7) is 6.03. The summed E-state index contributed by atoms with van der Waals surface area (Å²) < 4.78 is 25.4. The zero-order valence-corrected chi connectivity index (χ0v) is 8.16. The van der Waals surface area contributed by atoms with Crippen molar-refractivity contribution in [2.75, 3.05) is 0 Å². The quantitative estimate of drug-likeness (QED) is 0.610. The minimum Gasteiger partial charge on any atom is -0.207 e. The summed E-state index contributed by atoms with van der Waals surface area (Å²) in [4.78, 5) is 0. The van der Waals surface area contributed by atoms with E-state index in [1.807, 2.05) is 13.8 Å². The summed E-state index contributed by atoms with van der Waals surface area (Å²) in [7, 11) is 0. The third kappa shape index (κ3) is 1.96. The predicted octanol–water partition coefficient (Wildman–Crippen LogP) is 3.86. The van der Waals surface area contributed by atoms with Gasteiger partial charge in [0, 0.05) is 12.3 Å². The van der Waals surface area contributed by atoms with Crippen molar-refractivity contribution in [3.63, 3.8) is 0 Å². The molecule has 0 aromatic carbocycles. The van der Waals surface area contributed by atoms with E-state index < -0.39 is 5.92 Å². The van der Waals surface area contributed by atoms with Crippen molar-refractivity contribution in [2.45, 2.75) is 52.4 Å². The lowest BCUT2D eigenvalue weighted by Gasteiger charge is -2.23. The maximum atomic E-state index is 12.7. The fraction of sp³-hybridized carbons (Fsp3) is 1.00. The van der Waals surface area contributed by atoms with Gasteiger partial charge in [-0.2, -0.15) is 0 Å². The average molecular weight is 176 g/mol. The van der Waals surface area contributed by atoms with Crippen molar-refractivity contribution < 1.29 is 8.78 Å². The SMILES string of the molecule is CCCCC(C)(C)C1CC1(F)F. The van der Waals surface area contributed by atoms with E-state index in [9.17, 15) is 8.78 Å². The van der Waals surface area contributed by atoms with Crippen LogP contribution in [0.15, 0.2) is 0 Å². The first kappa shape index (κ1) is 9.94. The Morgan fingerprint density at radius 2 is 1.92 bits per heavy atom. The Kier molecular flexibility index (Phi) is 2.46. The van der Waals surface area contributed by atoms with Gasteiger partial charge in [0.25, 0.3) is 5.92 Å². The van der Waals surface area contributed by atoms with Gasteiger partial charge in [-0.25, -0.2) is 8.78 Å². The molecule has 0 heterocycles. The Morgan fingerprint density at radius 1 is 1.42 bits per heavy atom. The third-order valence-electron chi connectivity index (χ3n) is 2.94. The Bertz CT molecular complexity index is 161. The lowest BCUT2D eigenvalue weighted by molar-refractivity contribution is 0.0627. The molecule has 0 aliphatic heterocycles. The maximum absolute atomic E-state index is 12.7. The van der Waals surface area contributed by atoms with Gasteiger partial charge in [0.2, 0.25) is 0 Å². The van der Waals surface area contributed by atoms with Crippen LogP contribution in [0.4, 0.5) is 8.78 Å². The van der Waals surface area contributed by atoms with Crippen LogP contribution in [0.1, 0.15) is 46.5 Å². The number of hydrogen-bond donors (Lipinski definition) is 0. The molecule has 1 aliphatic rings. The highest BCUT2D eigenvalue weighted by atomic mass is 19.3. The van der Waals surface area contributed by atoms with Crippen LogP contribution in [0.2, 0.25) is 0 Å². The smallest absolute Gasteiger partial charge is 0.207 e. The van der Waals surface area contributed by atoms with Crippen LogP contribution in [-0.2, 0) is 0 Å². The molecule has 1 fully saturated rings. The van der Waals surface area contributed by atoms with Gasteiger partial charge >= 0.3 is 0 Å².